The highest BCUT2D eigenvalue weighted by Crippen LogP contribution is 2.25. The molecule has 112 valence electrons. The average molecular weight is 291 g/mol. The van der Waals surface area contributed by atoms with Crippen molar-refractivity contribution < 1.29 is 4.79 Å². The van der Waals surface area contributed by atoms with Crippen LogP contribution in [0.15, 0.2) is 54.6 Å². The summed E-state index contributed by atoms with van der Waals surface area (Å²) < 4.78 is 0. The Labute approximate surface area is 131 Å². The van der Waals surface area contributed by atoms with Crippen molar-refractivity contribution in [3.63, 3.8) is 0 Å². The summed E-state index contributed by atoms with van der Waals surface area (Å²) in [5, 5.41) is 3.03. The second-order valence-electron chi connectivity index (χ2n) is 5.86. The molecule has 0 spiro atoms. The number of carbonyl (C=O) groups is 1. The molecule has 1 amide bonds. The molecule has 0 aromatic heterocycles. The Bertz CT molecular complexity index is 688. The summed E-state index contributed by atoms with van der Waals surface area (Å²) >= 11 is 0. The first-order chi connectivity index (χ1) is 10.7. The fraction of sp³-hybridized carbons (Fsp3) is 0.250. The van der Waals surface area contributed by atoms with E-state index < -0.39 is 0 Å². The van der Waals surface area contributed by atoms with E-state index in [9.17, 15) is 4.79 Å². The minimum Gasteiger partial charge on any atom is -0.346 e. The first-order valence-electron chi connectivity index (χ1n) is 7.88. The molecule has 3 rings (SSSR count). The number of amides is 1. The van der Waals surface area contributed by atoms with Crippen molar-refractivity contribution in [2.45, 2.75) is 32.2 Å². The molecule has 0 radical (unpaired) electrons. The third-order valence-electron chi connectivity index (χ3n) is 4.21. The molecular formula is C20H21NO. The van der Waals surface area contributed by atoms with Crippen molar-refractivity contribution in [3.05, 3.63) is 76.9 Å². The zero-order chi connectivity index (χ0) is 15.4. The molecule has 2 aromatic carbocycles. The number of hydrogen-bond acceptors (Lipinski definition) is 1. The van der Waals surface area contributed by atoms with E-state index in [2.05, 4.69) is 23.5 Å². The minimum atomic E-state index is -0.0585. The van der Waals surface area contributed by atoms with Gasteiger partial charge in [0.05, 0.1) is 6.04 Å². The van der Waals surface area contributed by atoms with E-state index in [1.165, 1.54) is 29.5 Å². The van der Waals surface area contributed by atoms with Crippen LogP contribution in [-0.2, 0) is 17.6 Å². The Hall–Kier alpha value is -2.35. The third kappa shape index (κ3) is 3.45. The molecule has 0 fully saturated rings. The summed E-state index contributed by atoms with van der Waals surface area (Å²) in [4.78, 5) is 12.0. The van der Waals surface area contributed by atoms with Crippen LogP contribution < -0.4 is 5.32 Å². The van der Waals surface area contributed by atoms with Gasteiger partial charge < -0.3 is 5.32 Å². The van der Waals surface area contributed by atoms with Crippen molar-refractivity contribution in [1.82, 2.24) is 5.32 Å². The van der Waals surface area contributed by atoms with Crippen molar-refractivity contribution in [2.75, 3.05) is 0 Å². The number of rotatable bonds is 4. The summed E-state index contributed by atoms with van der Waals surface area (Å²) in [6.07, 6.45) is 7.04. The second-order valence-corrected chi connectivity index (χ2v) is 5.86. The maximum absolute atomic E-state index is 12.0. The van der Waals surface area contributed by atoms with E-state index in [1.54, 1.807) is 6.08 Å². The van der Waals surface area contributed by atoms with Gasteiger partial charge in [-0.2, -0.15) is 0 Å². The lowest BCUT2D eigenvalue weighted by Crippen LogP contribution is -2.24. The van der Waals surface area contributed by atoms with Crippen LogP contribution in [0.5, 0.6) is 0 Å². The Morgan fingerprint density at radius 3 is 2.68 bits per heavy atom. The van der Waals surface area contributed by atoms with Crippen molar-refractivity contribution >= 4 is 12.0 Å². The van der Waals surface area contributed by atoms with Crippen LogP contribution in [0.1, 0.15) is 41.6 Å². The van der Waals surface area contributed by atoms with Crippen LogP contribution in [0.4, 0.5) is 0 Å². The Balaban J connectivity index is 1.62. The quantitative estimate of drug-likeness (QED) is 0.845. The van der Waals surface area contributed by atoms with Crippen LogP contribution >= 0.6 is 0 Å². The Morgan fingerprint density at radius 1 is 1.09 bits per heavy atom. The lowest BCUT2D eigenvalue weighted by atomic mass is 10.0. The van der Waals surface area contributed by atoms with Gasteiger partial charge in [-0.15, -0.1) is 0 Å². The van der Waals surface area contributed by atoms with Gasteiger partial charge in [0.25, 0.3) is 0 Å². The van der Waals surface area contributed by atoms with Gasteiger partial charge in [0.15, 0.2) is 0 Å². The molecule has 1 atom stereocenters. The van der Waals surface area contributed by atoms with Crippen LogP contribution in [0.2, 0.25) is 0 Å². The fourth-order valence-electron chi connectivity index (χ4n) is 2.94. The number of benzene rings is 2. The van der Waals surface area contributed by atoms with E-state index in [1.807, 2.05) is 43.3 Å². The summed E-state index contributed by atoms with van der Waals surface area (Å²) in [5.74, 6) is -0.0585. The van der Waals surface area contributed by atoms with Crippen LogP contribution in [0, 0.1) is 0 Å². The van der Waals surface area contributed by atoms with E-state index in [0.717, 1.165) is 12.0 Å². The topological polar surface area (TPSA) is 29.1 Å². The Morgan fingerprint density at radius 2 is 1.86 bits per heavy atom. The molecule has 2 nitrogen and oxygen atoms in total. The van der Waals surface area contributed by atoms with Crippen LogP contribution in [-0.4, -0.2) is 5.91 Å². The lowest BCUT2D eigenvalue weighted by Gasteiger charge is -2.14. The molecule has 0 bridgehead atoms. The third-order valence-corrected chi connectivity index (χ3v) is 4.21. The summed E-state index contributed by atoms with van der Waals surface area (Å²) in [6, 6.07) is 16.5. The van der Waals surface area contributed by atoms with Crippen molar-refractivity contribution in [3.8, 4) is 0 Å². The van der Waals surface area contributed by atoms with E-state index in [4.69, 9.17) is 0 Å². The molecule has 2 heteroatoms. The highest BCUT2D eigenvalue weighted by atomic mass is 16.1. The van der Waals surface area contributed by atoms with Gasteiger partial charge in [-0.25, -0.2) is 0 Å². The van der Waals surface area contributed by atoms with Crippen molar-refractivity contribution in [2.24, 2.45) is 0 Å². The molecule has 1 N–H and O–H groups in total. The van der Waals surface area contributed by atoms with Gasteiger partial charge in [-0.05, 0) is 54.5 Å². The highest BCUT2D eigenvalue weighted by Gasteiger charge is 2.14. The Kier molecular flexibility index (Phi) is 4.38. The molecular weight excluding hydrogens is 270 g/mol. The zero-order valence-corrected chi connectivity index (χ0v) is 12.9. The molecule has 22 heavy (non-hydrogen) atoms. The first kappa shape index (κ1) is 14.6. The number of nitrogens with one attached hydrogen (secondary N) is 1. The first-order valence-corrected chi connectivity index (χ1v) is 7.88. The molecule has 1 aliphatic rings. The van der Waals surface area contributed by atoms with E-state index in [0.29, 0.717) is 0 Å². The molecule has 1 aliphatic carbocycles. The smallest absolute Gasteiger partial charge is 0.244 e. The number of fused-ring (bicyclic) bond motifs is 1. The normalized spacial score (nSPS) is 14.8. The standard InChI is InChI=1S/C20H21NO/c1-15(18-12-11-17-8-5-9-19(17)14-18)21-20(22)13-10-16-6-3-2-4-7-16/h2-4,6-7,10-15H,5,8-9H2,1H3,(H,21,22)/b13-10+. The lowest BCUT2D eigenvalue weighted by molar-refractivity contribution is -0.117. The average Bonchev–Trinajstić information content (AvgIpc) is 3.01. The largest absolute Gasteiger partial charge is 0.346 e. The van der Waals surface area contributed by atoms with Crippen LogP contribution in [0.3, 0.4) is 0 Å². The molecule has 0 aliphatic heterocycles. The van der Waals surface area contributed by atoms with E-state index in [-0.39, 0.29) is 11.9 Å². The predicted molar refractivity (Wildman–Crippen MR) is 90.5 cm³/mol. The van der Waals surface area contributed by atoms with Gasteiger partial charge in [0.1, 0.15) is 0 Å². The summed E-state index contributed by atoms with van der Waals surface area (Å²) in [6.45, 7) is 2.03. The maximum Gasteiger partial charge on any atom is 0.244 e. The van der Waals surface area contributed by atoms with Gasteiger partial charge >= 0.3 is 0 Å². The molecule has 1 unspecified atom stereocenters. The van der Waals surface area contributed by atoms with Crippen molar-refractivity contribution in [1.29, 1.82) is 0 Å². The highest BCUT2D eigenvalue weighted by molar-refractivity contribution is 5.91. The fourth-order valence-corrected chi connectivity index (χ4v) is 2.94. The van der Waals surface area contributed by atoms with E-state index >= 15 is 0 Å². The van der Waals surface area contributed by atoms with Gasteiger partial charge in [-0.1, -0.05) is 48.5 Å². The molecule has 0 saturated carbocycles. The second kappa shape index (κ2) is 6.61. The maximum atomic E-state index is 12.0. The zero-order valence-electron chi connectivity index (χ0n) is 12.9. The summed E-state index contributed by atoms with van der Waals surface area (Å²) in [5.41, 5.74) is 5.12. The molecule has 0 saturated heterocycles. The number of carbonyl (C=O) groups excluding carboxylic acids is 1. The SMILES string of the molecule is CC(NC(=O)/C=C/c1ccccc1)c1ccc2c(c1)CCC2. The minimum absolute atomic E-state index is 0.0267. The van der Waals surface area contributed by atoms with Gasteiger partial charge in [0, 0.05) is 6.08 Å². The molecule has 2 aromatic rings. The van der Waals surface area contributed by atoms with Gasteiger partial charge in [-0.3, -0.25) is 4.79 Å². The van der Waals surface area contributed by atoms with Crippen LogP contribution in [0.25, 0.3) is 6.08 Å². The number of hydrogen-bond donors (Lipinski definition) is 1. The monoisotopic (exact) mass is 291 g/mol. The summed E-state index contributed by atoms with van der Waals surface area (Å²) in [7, 11) is 0. The predicted octanol–water partition coefficient (Wildman–Crippen LogP) is 4.07. The molecule has 0 heterocycles. The number of aryl methyl sites for hydroxylation is 2. The van der Waals surface area contributed by atoms with Gasteiger partial charge in [0.2, 0.25) is 5.91 Å².